The van der Waals surface area contributed by atoms with Crippen LogP contribution in [0.15, 0.2) is 42.7 Å². The molecule has 3 aliphatic rings. The number of aromatic nitrogens is 2. The molecule has 1 aromatic heterocycles. The molecule has 3 heterocycles. The Hall–Kier alpha value is -3.45. The van der Waals surface area contributed by atoms with Gasteiger partial charge in [0.05, 0.1) is 18.8 Å². The van der Waals surface area contributed by atoms with Gasteiger partial charge in [0.2, 0.25) is 5.91 Å². The summed E-state index contributed by atoms with van der Waals surface area (Å²) < 4.78 is 72.1. The quantitative estimate of drug-likeness (QED) is 0.428. The number of piperidine rings is 1. The summed E-state index contributed by atoms with van der Waals surface area (Å²) in [6.45, 7) is -0.0536. The summed E-state index contributed by atoms with van der Waals surface area (Å²) in [5.74, 6) is -1.53. The lowest BCUT2D eigenvalue weighted by molar-refractivity contribution is -0.199. The third-order valence-corrected chi connectivity index (χ3v) is 9.92. The SMILES string of the molecule is COS(=O)(=O)CC1(n2cc(Cc3ccc4c5c(cccc35)C(=O)N4)cn2)CCN(C(=O)C2(C(F)(F)F)CC2)CC1. The molecule has 2 aliphatic heterocycles. The van der Waals surface area contributed by atoms with Gasteiger partial charge in [-0.15, -0.1) is 0 Å². The van der Waals surface area contributed by atoms with Crippen LogP contribution in [-0.2, 0) is 31.1 Å². The summed E-state index contributed by atoms with van der Waals surface area (Å²) in [5, 5.41) is 9.11. The lowest BCUT2D eigenvalue weighted by Crippen LogP contribution is -2.54. The minimum absolute atomic E-state index is 0.0268. The number of halogens is 3. The summed E-state index contributed by atoms with van der Waals surface area (Å²) in [5.41, 5.74) is -0.314. The number of likely N-dealkylation sites (tertiary alicyclic amines) is 1. The van der Waals surface area contributed by atoms with E-state index in [1.54, 1.807) is 23.1 Å². The molecule has 0 radical (unpaired) electrons. The maximum Gasteiger partial charge on any atom is 0.403 e. The molecule has 9 nitrogen and oxygen atoms in total. The van der Waals surface area contributed by atoms with Gasteiger partial charge in [-0.3, -0.25) is 18.5 Å². The molecule has 2 amide bonds. The van der Waals surface area contributed by atoms with Crippen molar-refractivity contribution in [3.63, 3.8) is 0 Å². The van der Waals surface area contributed by atoms with Crippen molar-refractivity contribution in [2.75, 3.05) is 31.3 Å². The van der Waals surface area contributed by atoms with Gasteiger partial charge in [-0.1, -0.05) is 18.2 Å². The van der Waals surface area contributed by atoms with Crippen LogP contribution in [0.2, 0.25) is 0 Å². The van der Waals surface area contributed by atoms with Crippen LogP contribution >= 0.6 is 0 Å². The number of carbonyl (C=O) groups excluding carboxylic acids is 2. The fourth-order valence-corrected chi connectivity index (χ4v) is 7.23. The first-order valence-electron chi connectivity index (χ1n) is 12.9. The monoisotopic (exact) mass is 576 g/mol. The number of nitrogens with zero attached hydrogens (tertiary/aromatic N) is 3. The van der Waals surface area contributed by atoms with Gasteiger partial charge < -0.3 is 10.2 Å². The Kier molecular flexibility index (Phi) is 6.04. The second-order valence-corrected chi connectivity index (χ2v) is 12.6. The van der Waals surface area contributed by atoms with E-state index in [9.17, 15) is 31.2 Å². The summed E-state index contributed by atoms with van der Waals surface area (Å²) in [6.07, 6.45) is -1.02. The first kappa shape index (κ1) is 26.8. The van der Waals surface area contributed by atoms with Crippen LogP contribution < -0.4 is 5.32 Å². The van der Waals surface area contributed by atoms with Gasteiger partial charge >= 0.3 is 6.18 Å². The Morgan fingerprint density at radius 2 is 1.85 bits per heavy atom. The second-order valence-electron chi connectivity index (χ2n) is 10.9. The van der Waals surface area contributed by atoms with E-state index in [2.05, 4.69) is 10.4 Å². The molecule has 212 valence electrons. The Morgan fingerprint density at radius 1 is 1.12 bits per heavy atom. The van der Waals surface area contributed by atoms with Gasteiger partial charge in [0, 0.05) is 42.3 Å². The number of anilines is 1. The van der Waals surface area contributed by atoms with Crippen molar-refractivity contribution in [3.05, 3.63) is 59.4 Å². The zero-order valence-corrected chi connectivity index (χ0v) is 22.4. The van der Waals surface area contributed by atoms with E-state index < -0.39 is 38.9 Å². The van der Waals surface area contributed by atoms with Crippen molar-refractivity contribution in [2.45, 2.75) is 43.8 Å². The van der Waals surface area contributed by atoms with Gasteiger partial charge in [0.25, 0.3) is 16.0 Å². The van der Waals surface area contributed by atoms with E-state index in [-0.39, 0.29) is 44.7 Å². The second kappa shape index (κ2) is 9.03. The Balaban J connectivity index is 1.27. The molecule has 13 heteroatoms. The van der Waals surface area contributed by atoms with Crippen molar-refractivity contribution in [1.29, 1.82) is 0 Å². The van der Waals surface area contributed by atoms with Gasteiger partial charge in [0.15, 0.2) is 0 Å². The van der Waals surface area contributed by atoms with Crippen molar-refractivity contribution >= 4 is 38.4 Å². The Labute approximate surface area is 228 Å². The minimum atomic E-state index is -4.61. The zero-order chi connectivity index (χ0) is 28.5. The molecule has 1 saturated heterocycles. The molecule has 0 unspecified atom stereocenters. The molecule has 3 aromatic rings. The standard InChI is InChI=1S/C27H27F3N4O5S/c1-39-40(37,38)16-25(9-11-33(12-10-25)24(36)26(7-8-26)27(28,29)30)34-15-17(14-31-34)13-18-5-6-21-22-19(18)3-2-4-20(22)23(35)32-21/h2-6,14-15H,7-13,16H2,1H3,(H,32,35). The maximum absolute atomic E-state index is 13.6. The Morgan fingerprint density at radius 3 is 2.50 bits per heavy atom. The number of rotatable bonds is 7. The van der Waals surface area contributed by atoms with E-state index in [1.807, 2.05) is 24.3 Å². The van der Waals surface area contributed by atoms with Crippen LogP contribution in [0, 0.1) is 5.41 Å². The number of hydrogen-bond acceptors (Lipinski definition) is 6. The molecule has 1 aliphatic carbocycles. The number of hydrogen-bond donors (Lipinski definition) is 1. The fourth-order valence-electron chi connectivity index (χ4n) is 6.03. The number of nitrogens with one attached hydrogen (secondary N) is 1. The molecular weight excluding hydrogens is 549 g/mol. The lowest BCUT2D eigenvalue weighted by Gasteiger charge is -2.42. The number of amides is 2. The number of carbonyl (C=O) groups is 2. The largest absolute Gasteiger partial charge is 0.403 e. The van der Waals surface area contributed by atoms with Crippen molar-refractivity contribution < 1.29 is 35.4 Å². The van der Waals surface area contributed by atoms with Crippen LogP contribution in [-0.4, -0.2) is 67.0 Å². The molecule has 2 aromatic carbocycles. The van der Waals surface area contributed by atoms with Crippen LogP contribution in [0.25, 0.3) is 10.8 Å². The zero-order valence-electron chi connectivity index (χ0n) is 21.6. The van der Waals surface area contributed by atoms with E-state index >= 15 is 0 Å². The first-order valence-corrected chi connectivity index (χ1v) is 14.5. The van der Waals surface area contributed by atoms with Gasteiger partial charge in [0.1, 0.15) is 11.2 Å². The summed E-state index contributed by atoms with van der Waals surface area (Å²) >= 11 is 0. The van der Waals surface area contributed by atoms with Gasteiger partial charge in [-0.25, -0.2) is 0 Å². The third-order valence-electron chi connectivity index (χ3n) is 8.52. The molecule has 0 bridgehead atoms. The van der Waals surface area contributed by atoms with Gasteiger partial charge in [-0.2, -0.15) is 26.7 Å². The van der Waals surface area contributed by atoms with Crippen molar-refractivity contribution in [2.24, 2.45) is 5.41 Å². The van der Waals surface area contributed by atoms with Crippen LogP contribution in [0.3, 0.4) is 0 Å². The van der Waals surface area contributed by atoms with E-state index in [1.165, 1.54) is 4.90 Å². The highest BCUT2D eigenvalue weighted by atomic mass is 32.2. The van der Waals surface area contributed by atoms with Gasteiger partial charge in [-0.05, 0) is 54.3 Å². The van der Waals surface area contributed by atoms with Crippen molar-refractivity contribution in [1.82, 2.24) is 14.7 Å². The molecular formula is C27H27F3N4O5S. The highest BCUT2D eigenvalue weighted by Crippen LogP contribution is 2.59. The molecule has 2 fully saturated rings. The highest BCUT2D eigenvalue weighted by molar-refractivity contribution is 7.86. The lowest BCUT2D eigenvalue weighted by atomic mass is 9.88. The summed E-state index contributed by atoms with van der Waals surface area (Å²) in [4.78, 5) is 26.3. The molecule has 40 heavy (non-hydrogen) atoms. The summed E-state index contributed by atoms with van der Waals surface area (Å²) in [6, 6.07) is 9.31. The summed E-state index contributed by atoms with van der Waals surface area (Å²) in [7, 11) is -2.91. The average Bonchev–Trinajstić information content (AvgIpc) is 3.51. The topological polar surface area (TPSA) is 111 Å². The van der Waals surface area contributed by atoms with Crippen LogP contribution in [0.1, 0.15) is 47.2 Å². The molecule has 1 saturated carbocycles. The maximum atomic E-state index is 13.6. The first-order chi connectivity index (χ1) is 18.9. The van der Waals surface area contributed by atoms with Crippen LogP contribution in [0.4, 0.5) is 18.9 Å². The minimum Gasteiger partial charge on any atom is -0.342 e. The predicted molar refractivity (Wildman–Crippen MR) is 139 cm³/mol. The fraction of sp³-hybridized carbons (Fsp3) is 0.444. The predicted octanol–water partition coefficient (Wildman–Crippen LogP) is 3.83. The Bertz CT molecular complexity index is 1640. The van der Waals surface area contributed by atoms with E-state index in [4.69, 9.17) is 4.18 Å². The molecule has 6 rings (SSSR count). The molecule has 0 spiro atoms. The normalized spacial score (nSPS) is 19.6. The van der Waals surface area contributed by atoms with E-state index in [0.29, 0.717) is 12.0 Å². The highest BCUT2D eigenvalue weighted by Gasteiger charge is 2.69. The third kappa shape index (κ3) is 4.26. The number of benzene rings is 2. The number of alkyl halides is 3. The average molecular weight is 577 g/mol. The van der Waals surface area contributed by atoms with E-state index in [0.717, 1.165) is 34.7 Å². The molecule has 0 atom stereocenters. The van der Waals surface area contributed by atoms with Crippen LogP contribution in [0.5, 0.6) is 0 Å². The smallest absolute Gasteiger partial charge is 0.342 e. The van der Waals surface area contributed by atoms with Crippen molar-refractivity contribution in [3.8, 4) is 0 Å². The molecule has 1 N–H and O–H groups in total.